The molecular weight excluding hydrogens is 240 g/mol. The summed E-state index contributed by atoms with van der Waals surface area (Å²) < 4.78 is 0. The van der Waals surface area contributed by atoms with Crippen LogP contribution in [0.25, 0.3) is 0 Å². The van der Waals surface area contributed by atoms with E-state index in [-0.39, 0.29) is 5.91 Å². The summed E-state index contributed by atoms with van der Waals surface area (Å²) in [6.07, 6.45) is 8.16. The summed E-state index contributed by atoms with van der Waals surface area (Å²) in [6, 6.07) is 0. The number of carbonyl (C=O) groups excluding carboxylic acids is 1. The van der Waals surface area contributed by atoms with Crippen molar-refractivity contribution in [1.82, 2.24) is 20.2 Å². The highest BCUT2D eigenvalue weighted by atomic mass is 16.1. The minimum atomic E-state index is -0.139. The summed E-state index contributed by atoms with van der Waals surface area (Å²) in [5.41, 5.74) is 0.384. The number of carbonyl (C=O) groups is 1. The van der Waals surface area contributed by atoms with E-state index < -0.39 is 0 Å². The molecule has 1 aliphatic rings. The summed E-state index contributed by atoms with van der Waals surface area (Å²) in [4.78, 5) is 22.0. The Bertz CT molecular complexity index is 388. The number of rotatable bonds is 5. The summed E-state index contributed by atoms with van der Waals surface area (Å²) >= 11 is 0. The van der Waals surface area contributed by atoms with Gasteiger partial charge in [0.25, 0.3) is 5.91 Å². The zero-order valence-electron chi connectivity index (χ0n) is 11.5. The normalized spacial score (nSPS) is 17.3. The minimum Gasteiger partial charge on any atom is -0.351 e. The Balaban J connectivity index is 1.61. The molecule has 5 nitrogen and oxygen atoms in total. The molecule has 2 rings (SSSR count). The van der Waals surface area contributed by atoms with E-state index in [9.17, 15) is 4.79 Å². The molecule has 0 aromatic carbocycles. The van der Waals surface area contributed by atoms with E-state index in [0.29, 0.717) is 12.2 Å². The van der Waals surface area contributed by atoms with Gasteiger partial charge in [-0.25, -0.2) is 4.98 Å². The van der Waals surface area contributed by atoms with Gasteiger partial charge < -0.3 is 10.2 Å². The average Bonchev–Trinajstić information content (AvgIpc) is 2.46. The standard InChI is InChI=1S/C14H22N4O/c1-12-3-9-18(10-4-12)8-2-5-17-14(19)13-11-15-6-7-16-13/h6-7,11-12H,2-5,8-10H2,1H3,(H,17,19). The predicted molar refractivity (Wildman–Crippen MR) is 73.8 cm³/mol. The van der Waals surface area contributed by atoms with E-state index in [1.807, 2.05) is 0 Å². The molecule has 1 aliphatic heterocycles. The molecule has 1 amide bonds. The second kappa shape index (κ2) is 7.19. The summed E-state index contributed by atoms with van der Waals surface area (Å²) in [6.45, 7) is 6.46. The van der Waals surface area contributed by atoms with Crippen LogP contribution in [0, 0.1) is 5.92 Å². The van der Waals surface area contributed by atoms with Crippen LogP contribution >= 0.6 is 0 Å². The van der Waals surface area contributed by atoms with Gasteiger partial charge in [-0.2, -0.15) is 0 Å². The Kier molecular flexibility index (Phi) is 5.27. The number of aromatic nitrogens is 2. The minimum absolute atomic E-state index is 0.139. The van der Waals surface area contributed by atoms with Crippen LogP contribution in [0.5, 0.6) is 0 Å². The van der Waals surface area contributed by atoms with Crippen molar-refractivity contribution in [3.63, 3.8) is 0 Å². The van der Waals surface area contributed by atoms with Crippen LogP contribution < -0.4 is 5.32 Å². The van der Waals surface area contributed by atoms with Crippen molar-refractivity contribution in [2.24, 2.45) is 5.92 Å². The monoisotopic (exact) mass is 262 g/mol. The maximum absolute atomic E-state index is 11.7. The van der Waals surface area contributed by atoms with E-state index in [2.05, 4.69) is 27.1 Å². The molecule has 104 valence electrons. The van der Waals surface area contributed by atoms with E-state index in [1.165, 1.54) is 38.3 Å². The van der Waals surface area contributed by atoms with Gasteiger partial charge in [0.05, 0.1) is 6.20 Å². The van der Waals surface area contributed by atoms with Gasteiger partial charge in [0.1, 0.15) is 5.69 Å². The second-order valence-corrected chi connectivity index (χ2v) is 5.22. The first-order valence-corrected chi connectivity index (χ1v) is 7.02. The Morgan fingerprint density at radius 2 is 2.21 bits per heavy atom. The molecule has 2 heterocycles. The van der Waals surface area contributed by atoms with E-state index >= 15 is 0 Å². The lowest BCUT2D eigenvalue weighted by Gasteiger charge is -2.30. The molecule has 0 aliphatic carbocycles. The fourth-order valence-corrected chi connectivity index (χ4v) is 2.30. The molecule has 5 heteroatoms. The fourth-order valence-electron chi connectivity index (χ4n) is 2.30. The van der Waals surface area contributed by atoms with E-state index in [4.69, 9.17) is 0 Å². The first kappa shape index (κ1) is 13.9. The first-order valence-electron chi connectivity index (χ1n) is 7.02. The first-order chi connectivity index (χ1) is 9.25. The van der Waals surface area contributed by atoms with Gasteiger partial charge in [0, 0.05) is 18.9 Å². The SMILES string of the molecule is CC1CCN(CCCNC(=O)c2cnccn2)CC1. The quantitative estimate of drug-likeness (QED) is 0.813. The predicted octanol–water partition coefficient (Wildman–Crippen LogP) is 1.33. The maximum atomic E-state index is 11.7. The molecule has 1 N–H and O–H groups in total. The molecule has 1 saturated heterocycles. The van der Waals surface area contributed by atoms with Gasteiger partial charge in [-0.15, -0.1) is 0 Å². The Morgan fingerprint density at radius 3 is 2.89 bits per heavy atom. The number of amides is 1. The molecule has 0 bridgehead atoms. The van der Waals surface area contributed by atoms with Crippen LogP contribution in [0.2, 0.25) is 0 Å². The van der Waals surface area contributed by atoms with Crippen molar-refractivity contribution in [3.05, 3.63) is 24.3 Å². The van der Waals surface area contributed by atoms with E-state index in [0.717, 1.165) is 18.9 Å². The number of nitrogens with one attached hydrogen (secondary N) is 1. The summed E-state index contributed by atoms with van der Waals surface area (Å²) in [5.74, 6) is 0.730. The lowest BCUT2D eigenvalue weighted by atomic mass is 9.99. The van der Waals surface area contributed by atoms with Crippen LogP contribution in [0.15, 0.2) is 18.6 Å². The molecule has 0 radical (unpaired) electrons. The van der Waals surface area contributed by atoms with Gasteiger partial charge in [-0.3, -0.25) is 9.78 Å². The van der Waals surface area contributed by atoms with E-state index in [1.54, 1.807) is 6.20 Å². The van der Waals surface area contributed by atoms with Gasteiger partial charge in [0.2, 0.25) is 0 Å². The zero-order valence-corrected chi connectivity index (χ0v) is 11.5. The molecule has 0 saturated carbocycles. The molecule has 1 fully saturated rings. The molecular formula is C14H22N4O. The van der Waals surface area contributed by atoms with Gasteiger partial charge >= 0.3 is 0 Å². The highest BCUT2D eigenvalue weighted by Gasteiger charge is 2.14. The Labute approximate surface area is 114 Å². The summed E-state index contributed by atoms with van der Waals surface area (Å²) in [7, 11) is 0. The van der Waals surface area contributed by atoms with Crippen LogP contribution in [0.1, 0.15) is 36.7 Å². The molecule has 1 aromatic rings. The number of piperidine rings is 1. The lowest BCUT2D eigenvalue weighted by molar-refractivity contribution is 0.0945. The van der Waals surface area contributed by atoms with Crippen LogP contribution in [0.3, 0.4) is 0 Å². The van der Waals surface area contributed by atoms with Crippen molar-refractivity contribution in [2.45, 2.75) is 26.2 Å². The van der Waals surface area contributed by atoms with Gasteiger partial charge in [-0.1, -0.05) is 6.92 Å². The van der Waals surface area contributed by atoms with Crippen LogP contribution in [-0.4, -0.2) is 47.0 Å². The molecule has 19 heavy (non-hydrogen) atoms. The molecule has 0 atom stereocenters. The highest BCUT2D eigenvalue weighted by Crippen LogP contribution is 2.15. The van der Waals surface area contributed by atoms with Crippen molar-refractivity contribution >= 4 is 5.91 Å². The van der Waals surface area contributed by atoms with Crippen LogP contribution in [-0.2, 0) is 0 Å². The zero-order chi connectivity index (χ0) is 13.5. The third kappa shape index (κ3) is 4.59. The smallest absolute Gasteiger partial charge is 0.271 e. The number of hydrogen-bond acceptors (Lipinski definition) is 4. The highest BCUT2D eigenvalue weighted by molar-refractivity contribution is 5.91. The Hall–Kier alpha value is -1.49. The average molecular weight is 262 g/mol. The molecule has 0 unspecified atom stereocenters. The lowest BCUT2D eigenvalue weighted by Crippen LogP contribution is -2.35. The van der Waals surface area contributed by atoms with Gasteiger partial charge in [-0.05, 0) is 44.8 Å². The molecule has 1 aromatic heterocycles. The number of likely N-dealkylation sites (tertiary alicyclic amines) is 1. The van der Waals surface area contributed by atoms with Gasteiger partial charge in [0.15, 0.2) is 0 Å². The second-order valence-electron chi connectivity index (χ2n) is 5.22. The Morgan fingerprint density at radius 1 is 1.42 bits per heavy atom. The van der Waals surface area contributed by atoms with Crippen molar-refractivity contribution in [2.75, 3.05) is 26.2 Å². The topological polar surface area (TPSA) is 58.1 Å². The summed E-state index contributed by atoms with van der Waals surface area (Å²) in [5, 5.41) is 2.88. The third-order valence-corrected chi connectivity index (χ3v) is 3.61. The van der Waals surface area contributed by atoms with Crippen molar-refractivity contribution in [1.29, 1.82) is 0 Å². The number of hydrogen-bond donors (Lipinski definition) is 1. The van der Waals surface area contributed by atoms with Crippen LogP contribution in [0.4, 0.5) is 0 Å². The molecule has 0 spiro atoms. The fraction of sp³-hybridized carbons (Fsp3) is 0.643. The van der Waals surface area contributed by atoms with Crippen molar-refractivity contribution in [3.8, 4) is 0 Å². The maximum Gasteiger partial charge on any atom is 0.271 e. The van der Waals surface area contributed by atoms with Crippen molar-refractivity contribution < 1.29 is 4.79 Å². The number of nitrogens with zero attached hydrogens (tertiary/aromatic N) is 3. The largest absolute Gasteiger partial charge is 0.351 e. The third-order valence-electron chi connectivity index (χ3n) is 3.61.